The predicted molar refractivity (Wildman–Crippen MR) is 73.2 cm³/mol. The molecule has 0 unspecified atom stereocenters. The summed E-state index contributed by atoms with van der Waals surface area (Å²) in [5.74, 6) is 0. The molecule has 0 aliphatic heterocycles. The lowest BCUT2D eigenvalue weighted by Crippen LogP contribution is -2.11. The number of aryl methyl sites for hydroxylation is 1. The van der Waals surface area contributed by atoms with Crippen LogP contribution >= 0.6 is 0 Å². The SMILES string of the molecule is Cc1ccccc1S(=O)(=O)[C@@H](C)c1ccccc1. The normalized spacial score (nSPS) is 13.2. The van der Waals surface area contributed by atoms with Gasteiger partial charge in [-0.3, -0.25) is 0 Å². The largest absolute Gasteiger partial charge is 0.223 e. The molecule has 0 N–H and O–H groups in total. The Morgan fingerprint density at radius 1 is 0.889 bits per heavy atom. The lowest BCUT2D eigenvalue weighted by atomic mass is 10.2. The van der Waals surface area contributed by atoms with Gasteiger partial charge in [0, 0.05) is 0 Å². The summed E-state index contributed by atoms with van der Waals surface area (Å²) in [7, 11) is -3.32. The van der Waals surface area contributed by atoms with Crippen LogP contribution in [0.15, 0.2) is 59.5 Å². The summed E-state index contributed by atoms with van der Waals surface area (Å²) >= 11 is 0. The summed E-state index contributed by atoms with van der Waals surface area (Å²) in [5.41, 5.74) is 1.61. The van der Waals surface area contributed by atoms with Crippen LogP contribution in [0.3, 0.4) is 0 Å². The van der Waals surface area contributed by atoms with Gasteiger partial charge in [-0.05, 0) is 31.0 Å². The van der Waals surface area contributed by atoms with Crippen molar-refractivity contribution in [3.8, 4) is 0 Å². The van der Waals surface area contributed by atoms with E-state index in [0.717, 1.165) is 11.1 Å². The zero-order valence-electron chi connectivity index (χ0n) is 10.5. The minimum absolute atomic E-state index is 0.418. The van der Waals surface area contributed by atoms with Gasteiger partial charge < -0.3 is 0 Å². The first-order valence-corrected chi connectivity index (χ1v) is 7.42. The zero-order chi connectivity index (χ0) is 13.2. The quantitative estimate of drug-likeness (QED) is 0.846. The molecule has 0 spiro atoms. The highest BCUT2D eigenvalue weighted by molar-refractivity contribution is 7.91. The maximum Gasteiger partial charge on any atom is 0.185 e. The third-order valence-corrected chi connectivity index (χ3v) is 5.41. The molecular weight excluding hydrogens is 244 g/mol. The molecule has 0 aromatic heterocycles. The molecule has 0 heterocycles. The van der Waals surface area contributed by atoms with Crippen molar-refractivity contribution in [1.82, 2.24) is 0 Å². The lowest BCUT2D eigenvalue weighted by molar-refractivity contribution is 0.585. The molecule has 3 heteroatoms. The molecule has 0 saturated carbocycles. The number of hydrogen-bond donors (Lipinski definition) is 0. The molecule has 0 radical (unpaired) electrons. The summed E-state index contributed by atoms with van der Waals surface area (Å²) in [6.45, 7) is 3.56. The summed E-state index contributed by atoms with van der Waals surface area (Å²) < 4.78 is 25.1. The van der Waals surface area contributed by atoms with E-state index in [1.807, 2.05) is 49.4 Å². The highest BCUT2D eigenvalue weighted by atomic mass is 32.2. The second-order valence-electron chi connectivity index (χ2n) is 4.36. The van der Waals surface area contributed by atoms with E-state index in [9.17, 15) is 8.42 Å². The highest BCUT2D eigenvalue weighted by Crippen LogP contribution is 2.29. The molecular formula is C15H16O2S. The Hall–Kier alpha value is -1.61. The van der Waals surface area contributed by atoms with Gasteiger partial charge in [0.05, 0.1) is 10.1 Å². The van der Waals surface area contributed by atoms with E-state index in [0.29, 0.717) is 4.90 Å². The van der Waals surface area contributed by atoms with Crippen molar-refractivity contribution in [2.24, 2.45) is 0 Å². The van der Waals surface area contributed by atoms with Gasteiger partial charge in [-0.2, -0.15) is 0 Å². The van der Waals surface area contributed by atoms with Gasteiger partial charge in [0.1, 0.15) is 0 Å². The molecule has 2 rings (SSSR count). The Balaban J connectivity index is 2.48. The highest BCUT2D eigenvalue weighted by Gasteiger charge is 2.25. The standard InChI is InChI=1S/C15H16O2S/c1-12-8-6-7-11-15(12)18(16,17)13(2)14-9-4-3-5-10-14/h3-11,13H,1-2H3/t13-/m0/s1. The fourth-order valence-corrected chi connectivity index (χ4v) is 3.65. The van der Waals surface area contributed by atoms with Gasteiger partial charge in [-0.15, -0.1) is 0 Å². The van der Waals surface area contributed by atoms with Crippen LogP contribution in [0.2, 0.25) is 0 Å². The summed E-state index contributed by atoms with van der Waals surface area (Å²) in [5, 5.41) is -0.528. The maximum absolute atomic E-state index is 12.6. The average molecular weight is 260 g/mol. The van der Waals surface area contributed by atoms with Crippen molar-refractivity contribution in [1.29, 1.82) is 0 Å². The topological polar surface area (TPSA) is 34.1 Å². The van der Waals surface area contributed by atoms with Gasteiger partial charge in [0.25, 0.3) is 0 Å². The van der Waals surface area contributed by atoms with Crippen molar-refractivity contribution in [3.05, 3.63) is 65.7 Å². The zero-order valence-corrected chi connectivity index (χ0v) is 11.3. The maximum atomic E-state index is 12.6. The molecule has 0 aliphatic carbocycles. The summed E-state index contributed by atoms with van der Waals surface area (Å²) in [6.07, 6.45) is 0. The van der Waals surface area contributed by atoms with Crippen LogP contribution in [-0.4, -0.2) is 8.42 Å². The molecule has 0 amide bonds. The van der Waals surface area contributed by atoms with E-state index in [-0.39, 0.29) is 0 Å². The third kappa shape index (κ3) is 2.31. The molecule has 0 bridgehead atoms. The smallest absolute Gasteiger partial charge is 0.185 e. The van der Waals surface area contributed by atoms with Crippen LogP contribution in [-0.2, 0) is 9.84 Å². The van der Waals surface area contributed by atoms with Crippen molar-refractivity contribution < 1.29 is 8.42 Å². The molecule has 2 nitrogen and oxygen atoms in total. The van der Waals surface area contributed by atoms with Crippen molar-refractivity contribution in [2.75, 3.05) is 0 Å². The molecule has 2 aromatic carbocycles. The van der Waals surface area contributed by atoms with Gasteiger partial charge in [0.15, 0.2) is 9.84 Å². The van der Waals surface area contributed by atoms with E-state index in [4.69, 9.17) is 0 Å². The van der Waals surface area contributed by atoms with Crippen LogP contribution in [0.1, 0.15) is 23.3 Å². The second-order valence-corrected chi connectivity index (χ2v) is 6.60. The van der Waals surface area contributed by atoms with E-state index >= 15 is 0 Å². The Labute approximate surface area is 108 Å². The molecule has 2 aromatic rings. The molecule has 1 atom stereocenters. The van der Waals surface area contributed by atoms with E-state index in [1.165, 1.54) is 0 Å². The molecule has 0 fully saturated rings. The Morgan fingerprint density at radius 2 is 1.44 bits per heavy atom. The monoisotopic (exact) mass is 260 g/mol. The Morgan fingerprint density at radius 3 is 2.06 bits per heavy atom. The van der Waals surface area contributed by atoms with Crippen molar-refractivity contribution in [2.45, 2.75) is 24.0 Å². The van der Waals surface area contributed by atoms with E-state index < -0.39 is 15.1 Å². The number of benzene rings is 2. The van der Waals surface area contributed by atoms with Crippen molar-refractivity contribution >= 4 is 9.84 Å². The molecule has 0 saturated heterocycles. The average Bonchev–Trinajstić information content (AvgIpc) is 2.39. The first-order chi connectivity index (χ1) is 8.53. The minimum Gasteiger partial charge on any atom is -0.223 e. The fourth-order valence-electron chi connectivity index (χ4n) is 1.97. The van der Waals surface area contributed by atoms with Gasteiger partial charge >= 0.3 is 0 Å². The van der Waals surface area contributed by atoms with Crippen LogP contribution in [0.5, 0.6) is 0 Å². The second kappa shape index (κ2) is 4.94. The Bertz CT molecular complexity index is 631. The number of sulfone groups is 1. The molecule has 94 valence electrons. The predicted octanol–water partition coefficient (Wildman–Crippen LogP) is 3.53. The van der Waals surface area contributed by atoms with Crippen LogP contribution in [0.25, 0.3) is 0 Å². The van der Waals surface area contributed by atoms with Crippen molar-refractivity contribution in [3.63, 3.8) is 0 Å². The lowest BCUT2D eigenvalue weighted by Gasteiger charge is -2.15. The first kappa shape index (κ1) is 12.8. The first-order valence-electron chi connectivity index (χ1n) is 5.88. The van der Waals surface area contributed by atoms with Gasteiger partial charge in [0.2, 0.25) is 0 Å². The van der Waals surface area contributed by atoms with E-state index in [1.54, 1.807) is 19.1 Å². The minimum atomic E-state index is -3.32. The number of rotatable bonds is 3. The summed E-state index contributed by atoms with van der Waals surface area (Å²) in [4.78, 5) is 0.418. The van der Waals surface area contributed by atoms with Crippen LogP contribution < -0.4 is 0 Å². The van der Waals surface area contributed by atoms with Gasteiger partial charge in [-0.1, -0.05) is 48.5 Å². The molecule has 18 heavy (non-hydrogen) atoms. The fraction of sp³-hybridized carbons (Fsp3) is 0.200. The molecule has 0 aliphatic rings. The Kier molecular flexibility index (Phi) is 3.53. The van der Waals surface area contributed by atoms with Crippen LogP contribution in [0, 0.1) is 6.92 Å². The summed E-state index contributed by atoms with van der Waals surface area (Å²) in [6, 6.07) is 16.4. The van der Waals surface area contributed by atoms with Crippen LogP contribution in [0.4, 0.5) is 0 Å². The third-order valence-electron chi connectivity index (χ3n) is 3.13. The van der Waals surface area contributed by atoms with E-state index in [2.05, 4.69) is 0 Å². The van der Waals surface area contributed by atoms with Gasteiger partial charge in [-0.25, -0.2) is 8.42 Å². The number of hydrogen-bond acceptors (Lipinski definition) is 2.